The molecule has 2 atom stereocenters. The van der Waals surface area contributed by atoms with E-state index in [1.54, 1.807) is 0 Å². The summed E-state index contributed by atoms with van der Waals surface area (Å²) in [6.45, 7) is 13.5. The Morgan fingerprint density at radius 3 is 2.58 bits per heavy atom. The zero-order valence-corrected chi connectivity index (χ0v) is 19.0. The molecule has 0 aromatic rings. The van der Waals surface area contributed by atoms with Gasteiger partial charge in [-0.15, -0.1) is 24.0 Å². The van der Waals surface area contributed by atoms with Crippen LogP contribution in [0.4, 0.5) is 0 Å². The minimum Gasteiger partial charge on any atom is -0.379 e. The first-order valence-corrected chi connectivity index (χ1v) is 9.91. The van der Waals surface area contributed by atoms with Gasteiger partial charge in [0.1, 0.15) is 0 Å². The number of piperazine rings is 1. The predicted molar refractivity (Wildman–Crippen MR) is 118 cm³/mol. The Balaban J connectivity index is 0.00000243. The van der Waals surface area contributed by atoms with Crippen LogP contribution in [-0.4, -0.2) is 124 Å². The SMILES string of the molecule is CCNC(=NCC1CN(C)CCN1C)N1CCC(N2CCOCC2)C1.I. The number of morpholine rings is 1. The smallest absolute Gasteiger partial charge is 0.194 e. The van der Waals surface area contributed by atoms with E-state index in [1.807, 2.05) is 0 Å². The Labute approximate surface area is 176 Å². The van der Waals surface area contributed by atoms with E-state index in [9.17, 15) is 0 Å². The largest absolute Gasteiger partial charge is 0.379 e. The molecule has 0 bridgehead atoms. The number of hydrogen-bond acceptors (Lipinski definition) is 5. The molecule has 0 spiro atoms. The van der Waals surface area contributed by atoms with E-state index in [1.165, 1.54) is 6.42 Å². The molecule has 0 radical (unpaired) electrons. The van der Waals surface area contributed by atoms with Crippen molar-refractivity contribution in [1.29, 1.82) is 0 Å². The van der Waals surface area contributed by atoms with E-state index < -0.39 is 0 Å². The molecule has 3 saturated heterocycles. The molecule has 0 aromatic carbocycles. The molecule has 3 heterocycles. The summed E-state index contributed by atoms with van der Waals surface area (Å²) in [5.74, 6) is 1.10. The van der Waals surface area contributed by atoms with Gasteiger partial charge in [0.2, 0.25) is 0 Å². The second-order valence-electron chi connectivity index (χ2n) is 7.63. The minimum absolute atomic E-state index is 0. The van der Waals surface area contributed by atoms with E-state index >= 15 is 0 Å². The fourth-order valence-electron chi connectivity index (χ4n) is 4.09. The lowest BCUT2D eigenvalue weighted by Gasteiger charge is -2.37. The summed E-state index contributed by atoms with van der Waals surface area (Å²) >= 11 is 0. The van der Waals surface area contributed by atoms with Crippen LogP contribution in [-0.2, 0) is 4.74 Å². The van der Waals surface area contributed by atoms with Gasteiger partial charge in [0.05, 0.1) is 19.8 Å². The van der Waals surface area contributed by atoms with Gasteiger partial charge in [0.15, 0.2) is 5.96 Å². The number of likely N-dealkylation sites (tertiary alicyclic amines) is 1. The number of guanidine groups is 1. The lowest BCUT2D eigenvalue weighted by atomic mass is 10.2. The van der Waals surface area contributed by atoms with Crippen LogP contribution in [0.5, 0.6) is 0 Å². The highest BCUT2D eigenvalue weighted by Crippen LogP contribution is 2.17. The van der Waals surface area contributed by atoms with Crippen LogP contribution in [0.25, 0.3) is 0 Å². The van der Waals surface area contributed by atoms with Crippen molar-refractivity contribution < 1.29 is 4.74 Å². The second-order valence-corrected chi connectivity index (χ2v) is 7.63. The van der Waals surface area contributed by atoms with E-state index in [0.717, 1.165) is 78.1 Å². The van der Waals surface area contributed by atoms with Gasteiger partial charge in [-0.3, -0.25) is 14.8 Å². The third-order valence-electron chi connectivity index (χ3n) is 5.79. The number of likely N-dealkylation sites (N-methyl/N-ethyl adjacent to an activating group) is 2. The Bertz CT molecular complexity index is 445. The summed E-state index contributed by atoms with van der Waals surface area (Å²) in [5, 5.41) is 3.51. The fraction of sp³-hybridized carbons (Fsp3) is 0.944. The standard InChI is InChI=1S/C18H36N6O.HI/c1-4-19-18(20-13-17-14-21(2)7-8-22(17)3)24-6-5-16(15-24)23-9-11-25-12-10-23;/h16-17H,4-15H2,1-3H3,(H,19,20);1H. The van der Waals surface area contributed by atoms with Crippen molar-refractivity contribution >= 4 is 29.9 Å². The molecular weight excluding hydrogens is 443 g/mol. The number of rotatable bonds is 4. The molecule has 0 saturated carbocycles. The zero-order chi connectivity index (χ0) is 17.6. The highest BCUT2D eigenvalue weighted by molar-refractivity contribution is 14.0. The molecule has 3 rings (SSSR count). The Hall–Kier alpha value is -0.160. The van der Waals surface area contributed by atoms with Crippen LogP contribution < -0.4 is 5.32 Å². The van der Waals surface area contributed by atoms with Gasteiger partial charge < -0.3 is 19.9 Å². The fourth-order valence-corrected chi connectivity index (χ4v) is 4.09. The molecular formula is C18H37IN6O. The molecule has 3 aliphatic heterocycles. The first-order chi connectivity index (χ1) is 12.2. The van der Waals surface area contributed by atoms with Crippen LogP contribution >= 0.6 is 24.0 Å². The van der Waals surface area contributed by atoms with E-state index in [2.05, 4.69) is 45.9 Å². The van der Waals surface area contributed by atoms with Crippen LogP contribution in [0.3, 0.4) is 0 Å². The Morgan fingerprint density at radius 1 is 1.08 bits per heavy atom. The van der Waals surface area contributed by atoms with Gasteiger partial charge in [-0.1, -0.05) is 0 Å². The van der Waals surface area contributed by atoms with Crippen LogP contribution in [0.15, 0.2) is 4.99 Å². The molecule has 3 aliphatic rings. The first-order valence-electron chi connectivity index (χ1n) is 9.91. The number of aliphatic imine (C=N–C) groups is 1. The molecule has 152 valence electrons. The summed E-state index contributed by atoms with van der Waals surface area (Å²) in [5.41, 5.74) is 0. The predicted octanol–water partition coefficient (Wildman–Crippen LogP) is 0.222. The average molecular weight is 480 g/mol. The Kier molecular flexibility index (Phi) is 9.36. The molecule has 7 nitrogen and oxygen atoms in total. The second kappa shape index (κ2) is 11.0. The third-order valence-corrected chi connectivity index (χ3v) is 5.79. The molecule has 1 N–H and O–H groups in total. The lowest BCUT2D eigenvalue weighted by Crippen LogP contribution is -2.52. The summed E-state index contributed by atoms with van der Waals surface area (Å²) in [7, 11) is 4.44. The Morgan fingerprint density at radius 2 is 1.85 bits per heavy atom. The number of halogens is 1. The van der Waals surface area contributed by atoms with E-state index in [0.29, 0.717) is 12.1 Å². The van der Waals surface area contributed by atoms with Gasteiger partial charge in [0.25, 0.3) is 0 Å². The summed E-state index contributed by atoms with van der Waals surface area (Å²) in [4.78, 5) is 14.9. The minimum atomic E-state index is 0. The molecule has 26 heavy (non-hydrogen) atoms. The van der Waals surface area contributed by atoms with Crippen molar-refractivity contribution in [2.24, 2.45) is 4.99 Å². The van der Waals surface area contributed by atoms with Crippen molar-refractivity contribution in [2.75, 3.05) is 86.2 Å². The first kappa shape index (κ1) is 22.1. The van der Waals surface area contributed by atoms with Gasteiger partial charge in [-0.05, 0) is 27.4 Å². The van der Waals surface area contributed by atoms with E-state index in [4.69, 9.17) is 9.73 Å². The number of nitrogens with one attached hydrogen (secondary N) is 1. The molecule has 2 unspecified atom stereocenters. The normalized spacial score (nSPS) is 29.7. The number of nitrogens with zero attached hydrogens (tertiary/aromatic N) is 5. The van der Waals surface area contributed by atoms with Gasteiger partial charge in [0, 0.05) is 64.4 Å². The highest BCUT2D eigenvalue weighted by Gasteiger charge is 2.30. The zero-order valence-electron chi connectivity index (χ0n) is 16.7. The van der Waals surface area contributed by atoms with Crippen molar-refractivity contribution in [1.82, 2.24) is 24.9 Å². The lowest BCUT2D eigenvalue weighted by molar-refractivity contribution is 0.0195. The summed E-state index contributed by atoms with van der Waals surface area (Å²) in [6.07, 6.45) is 1.23. The van der Waals surface area contributed by atoms with Crippen LogP contribution in [0.2, 0.25) is 0 Å². The molecule has 0 aliphatic carbocycles. The van der Waals surface area contributed by atoms with Gasteiger partial charge in [-0.25, -0.2) is 0 Å². The molecule has 0 amide bonds. The average Bonchev–Trinajstić information content (AvgIpc) is 3.12. The van der Waals surface area contributed by atoms with Crippen LogP contribution in [0.1, 0.15) is 13.3 Å². The van der Waals surface area contributed by atoms with Crippen molar-refractivity contribution in [3.05, 3.63) is 0 Å². The van der Waals surface area contributed by atoms with Crippen LogP contribution in [0, 0.1) is 0 Å². The topological polar surface area (TPSA) is 46.6 Å². The number of ether oxygens (including phenoxy) is 1. The maximum atomic E-state index is 5.50. The molecule has 0 aromatic heterocycles. The quantitative estimate of drug-likeness (QED) is 0.353. The maximum absolute atomic E-state index is 5.50. The van der Waals surface area contributed by atoms with Crippen molar-refractivity contribution in [2.45, 2.75) is 25.4 Å². The summed E-state index contributed by atoms with van der Waals surface area (Å²) < 4.78 is 5.50. The third kappa shape index (κ3) is 5.92. The van der Waals surface area contributed by atoms with Gasteiger partial charge >= 0.3 is 0 Å². The monoisotopic (exact) mass is 480 g/mol. The maximum Gasteiger partial charge on any atom is 0.194 e. The molecule has 8 heteroatoms. The van der Waals surface area contributed by atoms with Crippen molar-refractivity contribution in [3.8, 4) is 0 Å². The highest BCUT2D eigenvalue weighted by atomic mass is 127. The number of hydrogen-bond donors (Lipinski definition) is 1. The van der Waals surface area contributed by atoms with Gasteiger partial charge in [-0.2, -0.15) is 0 Å². The molecule has 3 fully saturated rings. The summed E-state index contributed by atoms with van der Waals surface area (Å²) in [6, 6.07) is 1.17. The van der Waals surface area contributed by atoms with Crippen molar-refractivity contribution in [3.63, 3.8) is 0 Å². The van der Waals surface area contributed by atoms with E-state index in [-0.39, 0.29) is 24.0 Å².